The van der Waals surface area contributed by atoms with Gasteiger partial charge in [-0.25, -0.2) is 9.97 Å². The first-order valence-electron chi connectivity index (χ1n) is 7.50. The van der Waals surface area contributed by atoms with Crippen LogP contribution in [0.3, 0.4) is 0 Å². The Bertz CT molecular complexity index is 773. The van der Waals surface area contributed by atoms with Crippen LogP contribution in [0.15, 0.2) is 48.3 Å². The maximum absolute atomic E-state index is 11.6. The maximum Gasteiger partial charge on any atom is 0.266 e. The van der Waals surface area contributed by atoms with Crippen molar-refractivity contribution in [2.45, 2.75) is 20.5 Å². The van der Waals surface area contributed by atoms with Crippen molar-refractivity contribution >= 4 is 29.2 Å². The van der Waals surface area contributed by atoms with Gasteiger partial charge in [0.2, 0.25) is 5.95 Å². The molecule has 0 aliphatic carbocycles. The number of benzene rings is 1. The molecule has 0 saturated carbocycles. The third-order valence-electron chi connectivity index (χ3n) is 3.04. The molecular weight excluding hydrogens is 338 g/mol. The Morgan fingerprint density at radius 3 is 2.48 bits per heavy atom. The predicted octanol–water partition coefficient (Wildman–Crippen LogP) is 1.92. The number of hydrogen-bond acceptors (Lipinski definition) is 6. The quantitative estimate of drug-likeness (QED) is 0.536. The molecule has 0 aliphatic rings. The standard InChI is InChI=1S/C17H19N5O2S/c1-11-8-12(2)21-16(20-11)19-9-14(15(18)23)22-17(25)24-10-13-6-4-3-5-7-13/h3-9H,10H2,1-2H3,(H2,18,23)(H,22,25)(H,19,20,21)/b14-9+. The molecule has 0 bridgehead atoms. The van der Waals surface area contributed by atoms with E-state index in [1.54, 1.807) is 0 Å². The number of carbonyl (C=O) groups excluding carboxylic acids is 1. The minimum Gasteiger partial charge on any atom is -0.466 e. The number of anilines is 1. The van der Waals surface area contributed by atoms with E-state index in [0.29, 0.717) is 5.95 Å². The highest BCUT2D eigenvalue weighted by molar-refractivity contribution is 7.80. The van der Waals surface area contributed by atoms with E-state index < -0.39 is 5.91 Å². The smallest absolute Gasteiger partial charge is 0.266 e. The highest BCUT2D eigenvalue weighted by Gasteiger charge is 2.09. The summed E-state index contributed by atoms with van der Waals surface area (Å²) in [6.45, 7) is 3.99. The first-order chi connectivity index (χ1) is 11.9. The molecular formula is C17H19N5O2S. The molecule has 0 spiro atoms. The first-order valence-corrected chi connectivity index (χ1v) is 7.91. The van der Waals surface area contributed by atoms with Crippen molar-refractivity contribution in [2.75, 3.05) is 5.32 Å². The van der Waals surface area contributed by atoms with Gasteiger partial charge in [-0.1, -0.05) is 30.3 Å². The fraction of sp³-hybridized carbons (Fsp3) is 0.176. The Kier molecular flexibility index (Phi) is 6.41. The number of ether oxygens (including phenoxy) is 1. The first kappa shape index (κ1) is 18.3. The van der Waals surface area contributed by atoms with E-state index in [9.17, 15) is 4.79 Å². The van der Waals surface area contributed by atoms with Gasteiger partial charge in [-0.2, -0.15) is 0 Å². The molecule has 2 aromatic rings. The molecule has 0 saturated heterocycles. The van der Waals surface area contributed by atoms with Crippen LogP contribution in [0.1, 0.15) is 17.0 Å². The van der Waals surface area contributed by atoms with Crippen LogP contribution in [0.25, 0.3) is 0 Å². The SMILES string of the molecule is Cc1cc(C)nc(N/C=C(/NC(=S)OCc2ccccc2)C(N)=O)n1. The Labute approximate surface area is 151 Å². The van der Waals surface area contributed by atoms with Gasteiger partial charge in [0.05, 0.1) is 0 Å². The molecule has 0 radical (unpaired) electrons. The van der Waals surface area contributed by atoms with Crippen LogP contribution in [-0.2, 0) is 16.1 Å². The predicted molar refractivity (Wildman–Crippen MR) is 99.4 cm³/mol. The van der Waals surface area contributed by atoms with Crippen molar-refractivity contribution in [2.24, 2.45) is 5.73 Å². The van der Waals surface area contributed by atoms with Crippen molar-refractivity contribution in [1.82, 2.24) is 15.3 Å². The van der Waals surface area contributed by atoms with E-state index >= 15 is 0 Å². The zero-order valence-corrected chi connectivity index (χ0v) is 14.8. The van der Waals surface area contributed by atoms with Crippen LogP contribution < -0.4 is 16.4 Å². The number of carbonyl (C=O) groups is 1. The highest BCUT2D eigenvalue weighted by Crippen LogP contribution is 2.05. The van der Waals surface area contributed by atoms with Crippen molar-refractivity contribution in [3.8, 4) is 0 Å². The Hall–Kier alpha value is -3.00. The normalized spacial score (nSPS) is 10.9. The zero-order valence-electron chi connectivity index (χ0n) is 13.9. The fourth-order valence-electron chi connectivity index (χ4n) is 1.97. The number of amides is 1. The summed E-state index contributed by atoms with van der Waals surface area (Å²) in [7, 11) is 0. The minimum atomic E-state index is -0.692. The van der Waals surface area contributed by atoms with Gasteiger partial charge in [-0.3, -0.25) is 4.79 Å². The third-order valence-corrected chi connectivity index (χ3v) is 3.26. The molecule has 0 aliphatic heterocycles. The number of thiocarbonyl (C=S) groups is 1. The summed E-state index contributed by atoms with van der Waals surface area (Å²) in [5.74, 6) is -0.336. The van der Waals surface area contributed by atoms with Crippen molar-refractivity contribution in [3.63, 3.8) is 0 Å². The number of nitrogens with two attached hydrogens (primary N) is 1. The number of nitrogens with zero attached hydrogens (tertiary/aromatic N) is 2. The van der Waals surface area contributed by atoms with Crippen LogP contribution in [0.5, 0.6) is 0 Å². The largest absolute Gasteiger partial charge is 0.466 e. The molecule has 1 aromatic heterocycles. The lowest BCUT2D eigenvalue weighted by Gasteiger charge is -2.11. The number of nitrogens with one attached hydrogen (secondary N) is 2. The summed E-state index contributed by atoms with van der Waals surface area (Å²) >= 11 is 5.08. The molecule has 130 valence electrons. The zero-order chi connectivity index (χ0) is 18.2. The molecule has 1 amide bonds. The van der Waals surface area contributed by atoms with Crippen molar-refractivity contribution in [3.05, 3.63) is 65.2 Å². The number of hydrogen-bond donors (Lipinski definition) is 3. The molecule has 0 fully saturated rings. The Morgan fingerprint density at radius 2 is 1.88 bits per heavy atom. The summed E-state index contributed by atoms with van der Waals surface area (Å²) in [6.07, 6.45) is 1.36. The van der Waals surface area contributed by atoms with Gasteiger partial charge in [-0.05, 0) is 37.7 Å². The molecule has 7 nitrogen and oxygen atoms in total. The summed E-state index contributed by atoms with van der Waals surface area (Å²) in [5, 5.41) is 5.53. The summed E-state index contributed by atoms with van der Waals surface area (Å²) in [6, 6.07) is 11.4. The summed E-state index contributed by atoms with van der Waals surface area (Å²) < 4.78 is 5.41. The molecule has 4 N–H and O–H groups in total. The molecule has 0 unspecified atom stereocenters. The van der Waals surface area contributed by atoms with Gasteiger partial charge in [0.1, 0.15) is 12.3 Å². The van der Waals surface area contributed by atoms with Crippen LogP contribution >= 0.6 is 12.2 Å². The molecule has 0 atom stereocenters. The molecule has 8 heteroatoms. The average molecular weight is 357 g/mol. The average Bonchev–Trinajstić information content (AvgIpc) is 2.56. The van der Waals surface area contributed by atoms with E-state index in [4.69, 9.17) is 22.7 Å². The second kappa shape index (κ2) is 8.74. The van der Waals surface area contributed by atoms with Crippen molar-refractivity contribution in [1.29, 1.82) is 0 Å². The van der Waals surface area contributed by atoms with E-state index in [0.717, 1.165) is 17.0 Å². The van der Waals surface area contributed by atoms with Crippen LogP contribution in [-0.4, -0.2) is 21.0 Å². The van der Waals surface area contributed by atoms with Gasteiger partial charge >= 0.3 is 0 Å². The molecule has 1 heterocycles. The van der Waals surface area contributed by atoms with Gasteiger partial charge in [0.15, 0.2) is 0 Å². The van der Waals surface area contributed by atoms with Gasteiger partial charge in [-0.15, -0.1) is 0 Å². The third kappa shape index (κ3) is 6.19. The second-order valence-corrected chi connectivity index (χ2v) is 5.60. The minimum absolute atomic E-state index is 0.0389. The molecule has 1 aromatic carbocycles. The lowest BCUT2D eigenvalue weighted by Crippen LogP contribution is -2.32. The molecule has 25 heavy (non-hydrogen) atoms. The Balaban J connectivity index is 1.97. The number of aryl methyl sites for hydroxylation is 2. The van der Waals surface area contributed by atoms with Gasteiger partial charge in [0, 0.05) is 17.6 Å². The lowest BCUT2D eigenvalue weighted by atomic mass is 10.2. The van der Waals surface area contributed by atoms with Crippen LogP contribution in [0.2, 0.25) is 0 Å². The highest BCUT2D eigenvalue weighted by atomic mass is 32.1. The van der Waals surface area contributed by atoms with E-state index in [1.807, 2.05) is 50.2 Å². The topological polar surface area (TPSA) is 102 Å². The maximum atomic E-state index is 11.6. The Morgan fingerprint density at radius 1 is 1.24 bits per heavy atom. The lowest BCUT2D eigenvalue weighted by molar-refractivity contribution is -0.114. The van der Waals surface area contributed by atoms with E-state index in [2.05, 4.69) is 20.6 Å². The van der Waals surface area contributed by atoms with Crippen molar-refractivity contribution < 1.29 is 9.53 Å². The number of rotatable bonds is 6. The summed E-state index contributed by atoms with van der Waals surface area (Å²) in [4.78, 5) is 20.0. The van der Waals surface area contributed by atoms with Crippen LogP contribution in [0.4, 0.5) is 5.95 Å². The number of primary amides is 1. The van der Waals surface area contributed by atoms with E-state index in [-0.39, 0.29) is 17.5 Å². The van der Waals surface area contributed by atoms with Gasteiger partial charge in [0.25, 0.3) is 11.1 Å². The monoisotopic (exact) mass is 357 g/mol. The molecule has 2 rings (SSSR count). The second-order valence-electron chi connectivity index (χ2n) is 5.23. The number of aromatic nitrogens is 2. The van der Waals surface area contributed by atoms with Gasteiger partial charge < -0.3 is 21.1 Å². The fourth-order valence-corrected chi connectivity index (χ4v) is 2.13. The van der Waals surface area contributed by atoms with Crippen LogP contribution in [0, 0.1) is 13.8 Å². The summed E-state index contributed by atoms with van der Waals surface area (Å²) in [5.41, 5.74) is 7.96. The van der Waals surface area contributed by atoms with E-state index in [1.165, 1.54) is 6.20 Å².